The standard InChI is InChI=1S/C17H33N3O2/c1-17(2,3)22-16(21)20-15-8-6-14(7-9-15)19-13-5-4-11-18-12-10-13/h13-15,18-19H,4-12H2,1-3H3,(H,20,21). The molecule has 5 nitrogen and oxygen atoms in total. The molecule has 5 heteroatoms. The van der Waals surface area contributed by atoms with Crippen LogP contribution < -0.4 is 16.0 Å². The molecule has 1 saturated heterocycles. The van der Waals surface area contributed by atoms with Crippen LogP contribution >= 0.6 is 0 Å². The van der Waals surface area contributed by atoms with E-state index in [2.05, 4.69) is 16.0 Å². The van der Waals surface area contributed by atoms with Gasteiger partial charge in [-0.05, 0) is 78.8 Å². The number of rotatable bonds is 3. The Morgan fingerprint density at radius 1 is 0.955 bits per heavy atom. The molecule has 3 N–H and O–H groups in total. The largest absolute Gasteiger partial charge is 0.444 e. The van der Waals surface area contributed by atoms with E-state index in [0.717, 1.165) is 38.8 Å². The van der Waals surface area contributed by atoms with Crippen molar-refractivity contribution in [2.75, 3.05) is 13.1 Å². The molecule has 0 bridgehead atoms. The number of alkyl carbamates (subject to hydrolysis) is 1. The number of hydrogen-bond donors (Lipinski definition) is 3. The minimum atomic E-state index is -0.420. The molecule has 1 aliphatic heterocycles. The summed E-state index contributed by atoms with van der Waals surface area (Å²) in [5.74, 6) is 0. The van der Waals surface area contributed by atoms with Gasteiger partial charge in [0.25, 0.3) is 0 Å². The number of carbonyl (C=O) groups excluding carboxylic acids is 1. The second-order valence-corrected chi connectivity index (χ2v) is 7.74. The van der Waals surface area contributed by atoms with Crippen molar-refractivity contribution in [1.29, 1.82) is 0 Å². The Kier molecular flexibility index (Phi) is 6.50. The van der Waals surface area contributed by atoms with Gasteiger partial charge >= 0.3 is 6.09 Å². The third-order valence-corrected chi connectivity index (χ3v) is 4.50. The highest BCUT2D eigenvalue weighted by atomic mass is 16.6. The van der Waals surface area contributed by atoms with Gasteiger partial charge in [-0.15, -0.1) is 0 Å². The average Bonchev–Trinajstić information content (AvgIpc) is 2.67. The van der Waals surface area contributed by atoms with Gasteiger partial charge in [-0.1, -0.05) is 0 Å². The molecule has 0 radical (unpaired) electrons. The number of nitrogens with one attached hydrogen (secondary N) is 3. The molecule has 1 heterocycles. The lowest BCUT2D eigenvalue weighted by Gasteiger charge is -2.32. The zero-order valence-corrected chi connectivity index (χ0v) is 14.4. The van der Waals surface area contributed by atoms with Gasteiger partial charge in [-0.3, -0.25) is 0 Å². The van der Waals surface area contributed by atoms with Gasteiger partial charge in [0, 0.05) is 18.1 Å². The molecule has 0 aromatic rings. The van der Waals surface area contributed by atoms with Crippen LogP contribution in [0.1, 0.15) is 65.7 Å². The minimum Gasteiger partial charge on any atom is -0.444 e. The van der Waals surface area contributed by atoms with E-state index in [-0.39, 0.29) is 12.1 Å². The van der Waals surface area contributed by atoms with Gasteiger partial charge in [-0.2, -0.15) is 0 Å². The van der Waals surface area contributed by atoms with E-state index in [9.17, 15) is 4.79 Å². The van der Waals surface area contributed by atoms with E-state index in [0.29, 0.717) is 12.1 Å². The summed E-state index contributed by atoms with van der Waals surface area (Å²) in [7, 11) is 0. The van der Waals surface area contributed by atoms with Crippen molar-refractivity contribution in [2.45, 2.75) is 89.4 Å². The van der Waals surface area contributed by atoms with Crippen molar-refractivity contribution in [2.24, 2.45) is 0 Å². The molecule has 1 unspecified atom stereocenters. The van der Waals surface area contributed by atoms with E-state index in [1.54, 1.807) is 0 Å². The number of hydrogen-bond acceptors (Lipinski definition) is 4. The second-order valence-electron chi connectivity index (χ2n) is 7.74. The SMILES string of the molecule is CC(C)(C)OC(=O)NC1CCC(NC2CCCNCC2)CC1. The first-order valence-electron chi connectivity index (χ1n) is 8.88. The summed E-state index contributed by atoms with van der Waals surface area (Å²) in [5.41, 5.74) is -0.420. The van der Waals surface area contributed by atoms with E-state index < -0.39 is 5.60 Å². The van der Waals surface area contributed by atoms with Gasteiger partial charge in [0.1, 0.15) is 5.60 Å². The number of ether oxygens (including phenoxy) is 1. The van der Waals surface area contributed by atoms with Crippen LogP contribution in [-0.2, 0) is 4.74 Å². The van der Waals surface area contributed by atoms with E-state index in [1.807, 2.05) is 20.8 Å². The maximum absolute atomic E-state index is 11.8. The highest BCUT2D eigenvalue weighted by Gasteiger charge is 2.26. The van der Waals surface area contributed by atoms with Gasteiger partial charge in [0.15, 0.2) is 0 Å². The predicted molar refractivity (Wildman–Crippen MR) is 89.1 cm³/mol. The Balaban J connectivity index is 1.66. The molecule has 1 amide bonds. The molecular weight excluding hydrogens is 278 g/mol. The summed E-state index contributed by atoms with van der Waals surface area (Å²) < 4.78 is 5.33. The Hall–Kier alpha value is -0.810. The third-order valence-electron chi connectivity index (χ3n) is 4.50. The molecule has 1 aliphatic carbocycles. The second kappa shape index (κ2) is 8.16. The fraction of sp³-hybridized carbons (Fsp3) is 0.941. The van der Waals surface area contributed by atoms with Crippen molar-refractivity contribution in [3.63, 3.8) is 0 Å². The summed E-state index contributed by atoms with van der Waals surface area (Å²) in [4.78, 5) is 11.8. The fourth-order valence-electron chi connectivity index (χ4n) is 3.40. The highest BCUT2D eigenvalue weighted by molar-refractivity contribution is 5.68. The Morgan fingerprint density at radius 2 is 1.59 bits per heavy atom. The number of carbonyl (C=O) groups is 1. The maximum atomic E-state index is 11.8. The molecule has 22 heavy (non-hydrogen) atoms. The van der Waals surface area contributed by atoms with Crippen LogP contribution in [-0.4, -0.2) is 42.9 Å². The zero-order chi connectivity index (χ0) is 16.0. The quantitative estimate of drug-likeness (QED) is 0.749. The van der Waals surface area contributed by atoms with Crippen molar-refractivity contribution in [3.05, 3.63) is 0 Å². The summed E-state index contributed by atoms with van der Waals surface area (Å²) in [6, 6.07) is 1.54. The summed E-state index contributed by atoms with van der Waals surface area (Å²) in [6.07, 6.45) is 7.88. The van der Waals surface area contributed by atoms with E-state index in [4.69, 9.17) is 4.74 Å². The van der Waals surface area contributed by atoms with Crippen LogP contribution in [0.3, 0.4) is 0 Å². The minimum absolute atomic E-state index is 0.267. The molecule has 2 rings (SSSR count). The van der Waals surface area contributed by atoms with E-state index >= 15 is 0 Å². The first kappa shape index (κ1) is 17.5. The third kappa shape index (κ3) is 6.53. The van der Waals surface area contributed by atoms with Crippen LogP contribution in [0.5, 0.6) is 0 Å². The molecule has 0 spiro atoms. The lowest BCUT2D eigenvalue weighted by atomic mass is 9.90. The molecule has 1 atom stereocenters. The van der Waals surface area contributed by atoms with Crippen LogP contribution in [0.4, 0.5) is 4.79 Å². The Bertz CT molecular complexity index is 338. The van der Waals surface area contributed by atoms with Crippen molar-refractivity contribution >= 4 is 6.09 Å². The lowest BCUT2D eigenvalue weighted by molar-refractivity contribution is 0.0489. The summed E-state index contributed by atoms with van der Waals surface area (Å²) in [5, 5.41) is 10.3. The molecule has 0 aromatic carbocycles. The number of amides is 1. The van der Waals surface area contributed by atoms with Crippen LogP contribution in [0, 0.1) is 0 Å². The average molecular weight is 311 g/mol. The smallest absolute Gasteiger partial charge is 0.407 e. The van der Waals surface area contributed by atoms with Crippen molar-refractivity contribution in [3.8, 4) is 0 Å². The highest BCUT2D eigenvalue weighted by Crippen LogP contribution is 2.21. The topological polar surface area (TPSA) is 62.4 Å². The first-order chi connectivity index (χ1) is 10.4. The monoisotopic (exact) mass is 311 g/mol. The predicted octanol–water partition coefficient (Wildman–Crippen LogP) is 2.55. The molecule has 1 saturated carbocycles. The maximum Gasteiger partial charge on any atom is 0.407 e. The molecular formula is C17H33N3O2. The van der Waals surface area contributed by atoms with Crippen LogP contribution in [0.15, 0.2) is 0 Å². The molecule has 128 valence electrons. The normalized spacial score (nSPS) is 30.4. The van der Waals surface area contributed by atoms with Crippen LogP contribution in [0.25, 0.3) is 0 Å². The summed E-state index contributed by atoms with van der Waals surface area (Å²) >= 11 is 0. The molecule has 2 fully saturated rings. The van der Waals surface area contributed by atoms with Crippen molar-refractivity contribution in [1.82, 2.24) is 16.0 Å². The van der Waals surface area contributed by atoms with E-state index in [1.165, 1.54) is 19.3 Å². The molecule has 0 aromatic heterocycles. The van der Waals surface area contributed by atoms with Gasteiger partial charge < -0.3 is 20.7 Å². The Labute approximate surface area is 134 Å². The fourth-order valence-corrected chi connectivity index (χ4v) is 3.40. The molecule has 2 aliphatic rings. The first-order valence-corrected chi connectivity index (χ1v) is 8.88. The van der Waals surface area contributed by atoms with Gasteiger partial charge in [-0.25, -0.2) is 4.79 Å². The van der Waals surface area contributed by atoms with Gasteiger partial charge in [0.05, 0.1) is 0 Å². The van der Waals surface area contributed by atoms with Gasteiger partial charge in [0.2, 0.25) is 0 Å². The van der Waals surface area contributed by atoms with Crippen molar-refractivity contribution < 1.29 is 9.53 Å². The van der Waals surface area contributed by atoms with Crippen LogP contribution in [0.2, 0.25) is 0 Å². The lowest BCUT2D eigenvalue weighted by Crippen LogP contribution is -2.46. The summed E-state index contributed by atoms with van der Waals surface area (Å²) in [6.45, 7) is 7.98. The Morgan fingerprint density at radius 3 is 2.27 bits per heavy atom. The zero-order valence-electron chi connectivity index (χ0n) is 14.4.